The lowest BCUT2D eigenvalue weighted by atomic mass is 9.98. The van der Waals surface area contributed by atoms with Gasteiger partial charge in [0.15, 0.2) is 11.5 Å². The minimum Gasteiger partial charge on any atom is -0.493 e. The summed E-state index contributed by atoms with van der Waals surface area (Å²) in [7, 11) is 4.83. The molecule has 1 aliphatic heterocycles. The molecule has 3 rings (SSSR count). The number of aryl methyl sites for hydroxylation is 1. The van der Waals surface area contributed by atoms with Crippen LogP contribution in [0.15, 0.2) is 36.4 Å². The van der Waals surface area contributed by atoms with E-state index in [0.717, 1.165) is 28.8 Å². The zero-order valence-corrected chi connectivity index (χ0v) is 17.3. The average molecular weight is 397 g/mol. The van der Waals surface area contributed by atoms with Crippen molar-refractivity contribution in [3.8, 4) is 11.5 Å². The molecule has 0 fully saturated rings. The van der Waals surface area contributed by atoms with Crippen molar-refractivity contribution < 1.29 is 19.1 Å². The van der Waals surface area contributed by atoms with Crippen molar-refractivity contribution in [2.75, 3.05) is 39.7 Å². The second kappa shape index (κ2) is 8.86. The molecular formula is C22H27N3O4. The fraction of sp³-hybridized carbons (Fsp3) is 0.364. The van der Waals surface area contributed by atoms with Crippen LogP contribution in [-0.4, -0.2) is 56.1 Å². The molecule has 7 heteroatoms. The second-order valence-corrected chi connectivity index (χ2v) is 7.14. The van der Waals surface area contributed by atoms with Crippen molar-refractivity contribution in [3.05, 3.63) is 53.1 Å². The van der Waals surface area contributed by atoms with Crippen molar-refractivity contribution in [3.63, 3.8) is 0 Å². The maximum Gasteiger partial charge on any atom is 0.322 e. The lowest BCUT2D eigenvalue weighted by Gasteiger charge is -2.31. The first-order valence-corrected chi connectivity index (χ1v) is 9.52. The van der Waals surface area contributed by atoms with Gasteiger partial charge in [0, 0.05) is 25.8 Å². The van der Waals surface area contributed by atoms with Crippen molar-refractivity contribution in [1.29, 1.82) is 0 Å². The first kappa shape index (κ1) is 20.5. The van der Waals surface area contributed by atoms with Crippen LogP contribution in [-0.2, 0) is 17.8 Å². The molecule has 2 aromatic rings. The Hall–Kier alpha value is -3.22. The highest BCUT2D eigenvalue weighted by atomic mass is 16.5. The number of nitrogens with one attached hydrogen (secondary N) is 1. The summed E-state index contributed by atoms with van der Waals surface area (Å²) in [5.41, 5.74) is 3.90. The molecule has 1 N–H and O–H groups in total. The fourth-order valence-electron chi connectivity index (χ4n) is 3.39. The number of para-hydroxylation sites is 1. The highest BCUT2D eigenvalue weighted by molar-refractivity contribution is 5.92. The number of urea groups is 1. The molecule has 0 saturated heterocycles. The van der Waals surface area contributed by atoms with E-state index in [1.807, 2.05) is 43.3 Å². The maximum atomic E-state index is 12.8. The molecule has 0 aliphatic carbocycles. The van der Waals surface area contributed by atoms with Gasteiger partial charge in [-0.15, -0.1) is 0 Å². The molecule has 2 aromatic carbocycles. The summed E-state index contributed by atoms with van der Waals surface area (Å²) < 4.78 is 10.7. The van der Waals surface area contributed by atoms with Crippen molar-refractivity contribution in [2.24, 2.45) is 0 Å². The molecule has 154 valence electrons. The summed E-state index contributed by atoms with van der Waals surface area (Å²) >= 11 is 0. The molecule has 0 saturated carbocycles. The topological polar surface area (TPSA) is 71.1 Å². The molecular weight excluding hydrogens is 370 g/mol. The number of nitrogens with zero attached hydrogens (tertiary/aromatic N) is 2. The Morgan fingerprint density at radius 3 is 2.41 bits per heavy atom. The van der Waals surface area contributed by atoms with E-state index in [9.17, 15) is 9.59 Å². The summed E-state index contributed by atoms with van der Waals surface area (Å²) in [6, 6.07) is 11.1. The highest BCUT2D eigenvalue weighted by Gasteiger charge is 2.24. The Balaban J connectivity index is 1.63. The number of benzene rings is 2. The van der Waals surface area contributed by atoms with Crippen LogP contribution in [0.2, 0.25) is 0 Å². The fourth-order valence-corrected chi connectivity index (χ4v) is 3.39. The Bertz CT molecular complexity index is 913. The van der Waals surface area contributed by atoms with Gasteiger partial charge in [0.2, 0.25) is 5.91 Å². The minimum absolute atomic E-state index is 0.0142. The van der Waals surface area contributed by atoms with Crippen LogP contribution in [0.25, 0.3) is 0 Å². The Labute approximate surface area is 171 Å². The van der Waals surface area contributed by atoms with E-state index in [-0.39, 0.29) is 18.5 Å². The number of hydrogen-bond donors (Lipinski definition) is 1. The number of amides is 3. The van der Waals surface area contributed by atoms with E-state index in [0.29, 0.717) is 24.6 Å². The molecule has 0 spiro atoms. The average Bonchev–Trinajstić information content (AvgIpc) is 2.73. The van der Waals surface area contributed by atoms with Crippen LogP contribution < -0.4 is 14.8 Å². The largest absolute Gasteiger partial charge is 0.493 e. The number of likely N-dealkylation sites (N-methyl/N-ethyl adjacent to an activating group) is 1. The van der Waals surface area contributed by atoms with Crippen LogP contribution in [0.3, 0.4) is 0 Å². The molecule has 0 radical (unpaired) electrons. The summed E-state index contributed by atoms with van der Waals surface area (Å²) in [6.07, 6.45) is 0.737. The number of carbonyl (C=O) groups is 2. The quantitative estimate of drug-likeness (QED) is 0.842. The van der Waals surface area contributed by atoms with Crippen LogP contribution in [0.5, 0.6) is 11.5 Å². The first-order valence-electron chi connectivity index (χ1n) is 9.52. The van der Waals surface area contributed by atoms with Crippen LogP contribution in [0.1, 0.15) is 16.7 Å². The van der Waals surface area contributed by atoms with E-state index in [1.165, 1.54) is 4.90 Å². The molecule has 1 heterocycles. The number of anilines is 1. The van der Waals surface area contributed by atoms with Crippen molar-refractivity contribution >= 4 is 17.6 Å². The Morgan fingerprint density at radius 1 is 1.10 bits per heavy atom. The van der Waals surface area contributed by atoms with E-state index in [2.05, 4.69) is 5.32 Å². The molecule has 0 atom stereocenters. The summed E-state index contributed by atoms with van der Waals surface area (Å²) in [5.74, 6) is 1.25. The molecule has 0 aromatic heterocycles. The monoisotopic (exact) mass is 397 g/mol. The molecule has 1 aliphatic rings. The number of carbonyl (C=O) groups excluding carboxylic acids is 2. The van der Waals surface area contributed by atoms with E-state index < -0.39 is 0 Å². The van der Waals surface area contributed by atoms with Gasteiger partial charge in [0.05, 0.1) is 14.2 Å². The van der Waals surface area contributed by atoms with Gasteiger partial charge < -0.3 is 24.6 Å². The zero-order valence-electron chi connectivity index (χ0n) is 17.3. The second-order valence-electron chi connectivity index (χ2n) is 7.14. The Morgan fingerprint density at radius 2 is 1.76 bits per heavy atom. The summed E-state index contributed by atoms with van der Waals surface area (Å²) in [4.78, 5) is 28.4. The third kappa shape index (κ3) is 4.62. The third-order valence-corrected chi connectivity index (χ3v) is 5.18. The predicted octanol–water partition coefficient (Wildman–Crippen LogP) is 3.06. The van der Waals surface area contributed by atoms with E-state index in [4.69, 9.17) is 9.47 Å². The van der Waals surface area contributed by atoms with Gasteiger partial charge in [-0.2, -0.15) is 0 Å². The number of methoxy groups -OCH3 is 2. The molecule has 0 unspecified atom stereocenters. The highest BCUT2D eigenvalue weighted by Crippen LogP contribution is 2.33. The van der Waals surface area contributed by atoms with Crippen LogP contribution in [0, 0.1) is 6.92 Å². The number of rotatable bonds is 5. The van der Waals surface area contributed by atoms with E-state index >= 15 is 0 Å². The van der Waals surface area contributed by atoms with Crippen LogP contribution >= 0.6 is 0 Å². The molecule has 7 nitrogen and oxygen atoms in total. The third-order valence-electron chi connectivity index (χ3n) is 5.18. The van der Waals surface area contributed by atoms with Gasteiger partial charge in [-0.05, 0) is 48.2 Å². The van der Waals surface area contributed by atoms with Gasteiger partial charge >= 0.3 is 6.03 Å². The number of ether oxygens (including phenoxy) is 2. The van der Waals surface area contributed by atoms with E-state index in [1.54, 1.807) is 26.2 Å². The number of hydrogen-bond acceptors (Lipinski definition) is 4. The van der Waals surface area contributed by atoms with Gasteiger partial charge in [0.25, 0.3) is 0 Å². The predicted molar refractivity (Wildman–Crippen MR) is 111 cm³/mol. The minimum atomic E-state index is -0.309. The van der Waals surface area contributed by atoms with Crippen molar-refractivity contribution in [2.45, 2.75) is 19.9 Å². The van der Waals surface area contributed by atoms with Gasteiger partial charge in [-0.25, -0.2) is 4.79 Å². The van der Waals surface area contributed by atoms with Gasteiger partial charge in [-0.3, -0.25) is 4.79 Å². The van der Waals surface area contributed by atoms with Gasteiger partial charge in [-0.1, -0.05) is 18.2 Å². The number of fused-ring (bicyclic) bond motifs is 1. The zero-order chi connectivity index (χ0) is 21.0. The standard InChI is InChI=1S/C22H27N3O4/c1-15-7-5-6-8-18(15)23-22(27)24(2)14-21(26)25-10-9-16-11-19(28-3)20(29-4)12-17(16)13-25/h5-8,11-12H,9-10,13-14H2,1-4H3,(H,23,27). The van der Waals surface area contributed by atoms with Crippen LogP contribution in [0.4, 0.5) is 10.5 Å². The smallest absolute Gasteiger partial charge is 0.322 e. The lowest BCUT2D eigenvalue weighted by Crippen LogP contribution is -2.44. The Kier molecular flexibility index (Phi) is 6.26. The first-order chi connectivity index (χ1) is 13.9. The summed E-state index contributed by atoms with van der Waals surface area (Å²) in [6.45, 7) is 3.03. The molecule has 29 heavy (non-hydrogen) atoms. The SMILES string of the molecule is COc1cc2c(cc1OC)CN(C(=O)CN(C)C(=O)Nc1ccccc1C)CC2. The molecule has 3 amide bonds. The van der Waals surface area contributed by atoms with Gasteiger partial charge in [0.1, 0.15) is 6.54 Å². The maximum absolute atomic E-state index is 12.8. The summed E-state index contributed by atoms with van der Waals surface area (Å²) in [5, 5.41) is 2.85. The lowest BCUT2D eigenvalue weighted by molar-refractivity contribution is -0.132. The van der Waals surface area contributed by atoms with Crippen molar-refractivity contribution in [1.82, 2.24) is 9.80 Å². The molecule has 0 bridgehead atoms. The normalized spacial score (nSPS) is 12.8.